The van der Waals surface area contributed by atoms with Gasteiger partial charge in [-0.25, -0.2) is 0 Å². The molecule has 1 radical (unpaired) electrons. The van der Waals surface area contributed by atoms with Crippen molar-refractivity contribution in [3.63, 3.8) is 0 Å². The number of hydrogen-bond donors (Lipinski definition) is 3. The van der Waals surface area contributed by atoms with Crippen LogP contribution in [-0.2, 0) is 49.5 Å². The minimum Gasteiger partial charge on any atom is -0.393 e. The van der Waals surface area contributed by atoms with Gasteiger partial charge in [0.25, 0.3) is 0 Å². The second-order valence-electron chi connectivity index (χ2n) is 20.4. The van der Waals surface area contributed by atoms with E-state index < -0.39 is 95.2 Å². The molecule has 1 saturated heterocycles. The monoisotopic (exact) mass is 1000 g/mol. The van der Waals surface area contributed by atoms with Crippen molar-refractivity contribution in [2.45, 2.75) is 168 Å². The van der Waals surface area contributed by atoms with Gasteiger partial charge in [-0.1, -0.05) is 102 Å². The standard InChI is InChI=1S/C55H86N7O10/c1-36(2)46(57)52(69)58(9)44(33-41-27-19-17-20-28-41)50(67)59(10)47(37(3)4)53(70)60(11)48(38(5)6)54(71)62-32-24-31-43(62)51(68)61(12)55(35-63,34-45(56)65)49(66)39(7)25-22-23-30-42(72-13)29-21-16-14-15-18-26-40(8)64/h14,16-17,19-20,22-23,25,27-28,36-38,40,42-44,46-48,64H,15,18,21,24,26,29-34,57H2,1-13H3,(H2,56,65)/t40?,42?,43-,44-,46-,47-,48-,55-/m0/s1. The lowest BCUT2D eigenvalue weighted by molar-refractivity contribution is -0.157. The van der Waals surface area contributed by atoms with Gasteiger partial charge in [-0.15, -0.1) is 0 Å². The van der Waals surface area contributed by atoms with Crippen molar-refractivity contribution >= 4 is 47.5 Å². The van der Waals surface area contributed by atoms with Crippen LogP contribution in [0, 0.1) is 17.8 Å². The molecule has 17 heteroatoms. The predicted molar refractivity (Wildman–Crippen MR) is 279 cm³/mol. The summed E-state index contributed by atoms with van der Waals surface area (Å²) < 4.78 is 5.62. The Labute approximate surface area is 429 Å². The Morgan fingerprint density at radius 2 is 1.43 bits per heavy atom. The number of carbonyl (C=O) groups is 7. The van der Waals surface area contributed by atoms with Crippen molar-refractivity contribution < 1.29 is 48.2 Å². The van der Waals surface area contributed by atoms with Gasteiger partial charge in [0.2, 0.25) is 41.7 Å². The van der Waals surface area contributed by atoms with E-state index in [4.69, 9.17) is 16.2 Å². The number of Topliss-reactive ketones (excluding diaryl/α,β-unsaturated/α-hetero) is 1. The largest absolute Gasteiger partial charge is 0.393 e. The van der Waals surface area contributed by atoms with Gasteiger partial charge in [0.15, 0.2) is 11.3 Å². The number of ketones is 1. The Kier molecular flexibility index (Phi) is 26.0. The predicted octanol–water partition coefficient (Wildman–Crippen LogP) is 4.54. The number of likely N-dealkylation sites (N-methyl/N-ethyl adjacent to an activating group) is 4. The first-order chi connectivity index (χ1) is 33.8. The Morgan fingerprint density at radius 1 is 0.833 bits per heavy atom. The molecule has 1 aromatic carbocycles. The van der Waals surface area contributed by atoms with Crippen LogP contribution < -0.4 is 11.5 Å². The third-order valence-electron chi connectivity index (χ3n) is 13.8. The molecule has 0 bridgehead atoms. The van der Waals surface area contributed by atoms with Crippen LogP contribution in [0.4, 0.5) is 0 Å². The molecule has 2 unspecified atom stereocenters. The lowest BCUT2D eigenvalue weighted by Crippen LogP contribution is -2.64. The molecule has 0 saturated carbocycles. The zero-order valence-electron chi connectivity index (χ0n) is 45.3. The number of hydrogen-bond acceptors (Lipinski definition) is 11. The average molecular weight is 1010 g/mol. The molecular weight excluding hydrogens is 919 g/mol. The van der Waals surface area contributed by atoms with Gasteiger partial charge >= 0.3 is 0 Å². The van der Waals surface area contributed by atoms with E-state index in [-0.39, 0.29) is 43.1 Å². The second kappa shape index (κ2) is 29.9. The van der Waals surface area contributed by atoms with Crippen molar-refractivity contribution in [2.75, 3.05) is 41.8 Å². The van der Waals surface area contributed by atoms with Crippen molar-refractivity contribution in [1.82, 2.24) is 24.5 Å². The maximum absolute atomic E-state index is 14.8. The maximum atomic E-state index is 14.8. The molecule has 1 fully saturated rings. The Morgan fingerprint density at radius 3 is 1.97 bits per heavy atom. The van der Waals surface area contributed by atoms with Gasteiger partial charge in [0.1, 0.15) is 24.2 Å². The summed E-state index contributed by atoms with van der Waals surface area (Å²) in [4.78, 5) is 118. The normalized spacial score (nSPS) is 17.6. The lowest BCUT2D eigenvalue weighted by atomic mass is 9.85. The molecule has 0 aromatic heterocycles. The zero-order valence-corrected chi connectivity index (χ0v) is 45.3. The molecule has 1 aromatic rings. The van der Waals surface area contributed by atoms with E-state index in [0.29, 0.717) is 12.8 Å². The summed E-state index contributed by atoms with van der Waals surface area (Å²) in [7, 11) is 7.35. The number of nitrogens with two attached hydrogens (primary N) is 2. The molecule has 1 aliphatic heterocycles. The van der Waals surface area contributed by atoms with Gasteiger partial charge < -0.3 is 45.8 Å². The first kappa shape index (κ1) is 62.6. The molecule has 6 amide bonds. The van der Waals surface area contributed by atoms with Crippen LogP contribution in [0.25, 0.3) is 0 Å². The van der Waals surface area contributed by atoms with Crippen LogP contribution in [0.1, 0.15) is 119 Å². The Bertz CT molecular complexity index is 2070. The molecule has 0 aliphatic carbocycles. The lowest BCUT2D eigenvalue weighted by Gasteiger charge is -2.42. The van der Waals surface area contributed by atoms with Crippen LogP contribution in [0.5, 0.6) is 0 Å². The highest BCUT2D eigenvalue weighted by atomic mass is 16.5. The molecule has 17 nitrogen and oxygen atoms in total. The van der Waals surface area contributed by atoms with E-state index in [1.54, 1.807) is 54.1 Å². The van der Waals surface area contributed by atoms with Gasteiger partial charge in [0.05, 0.1) is 24.7 Å². The highest BCUT2D eigenvalue weighted by Gasteiger charge is 2.51. The van der Waals surface area contributed by atoms with Gasteiger partial charge in [-0.3, -0.25) is 38.4 Å². The van der Waals surface area contributed by atoms with Crippen molar-refractivity contribution in [3.8, 4) is 0 Å². The fourth-order valence-electron chi connectivity index (χ4n) is 9.26. The maximum Gasteiger partial charge on any atom is 0.246 e. The summed E-state index contributed by atoms with van der Waals surface area (Å²) in [5.74, 6) is -5.85. The molecule has 5 N–H and O–H groups in total. The van der Waals surface area contributed by atoms with Crippen molar-refractivity contribution in [3.05, 3.63) is 71.8 Å². The van der Waals surface area contributed by atoms with Crippen LogP contribution in [0.15, 0.2) is 66.3 Å². The number of methoxy groups -OCH3 is 1. The van der Waals surface area contributed by atoms with Crippen LogP contribution in [0.3, 0.4) is 0 Å². The molecule has 1 aliphatic rings. The minimum atomic E-state index is -2.45. The number of rotatable bonds is 30. The summed E-state index contributed by atoms with van der Waals surface area (Å²) in [6.07, 6.45) is 14.8. The number of benzene rings is 1. The van der Waals surface area contributed by atoms with Crippen molar-refractivity contribution in [1.29, 1.82) is 0 Å². The highest BCUT2D eigenvalue weighted by molar-refractivity contribution is 6.16. The minimum absolute atomic E-state index is 0.0517. The third-order valence-corrected chi connectivity index (χ3v) is 13.8. The van der Waals surface area contributed by atoms with Crippen LogP contribution in [-0.4, -0.2) is 167 Å². The van der Waals surface area contributed by atoms with E-state index in [1.165, 1.54) is 60.8 Å². The number of aliphatic hydroxyl groups excluding tert-OH is 1. The number of unbranched alkanes of at least 4 members (excludes halogenated alkanes) is 1. The van der Waals surface area contributed by atoms with Gasteiger partial charge in [0, 0.05) is 48.3 Å². The highest BCUT2D eigenvalue weighted by Crippen LogP contribution is 2.30. The number of allylic oxidation sites excluding steroid dienone is 4. The van der Waals surface area contributed by atoms with Crippen LogP contribution in [0.2, 0.25) is 0 Å². The molecular formula is C55H86N7O10. The second-order valence-corrected chi connectivity index (χ2v) is 20.4. The number of ether oxygens (including phenoxy) is 1. The molecule has 0 spiro atoms. The number of aliphatic hydroxyl groups is 1. The molecule has 8 atom stereocenters. The first-order valence-corrected chi connectivity index (χ1v) is 25.4. The summed E-state index contributed by atoms with van der Waals surface area (Å²) in [5, 5.41) is 9.44. The fraction of sp³-hybridized carbons (Fsp3) is 0.636. The third kappa shape index (κ3) is 17.0. The number of carbonyl (C=O) groups excluding carboxylic acids is 8. The average Bonchev–Trinajstić information content (AvgIpc) is 3.83. The summed E-state index contributed by atoms with van der Waals surface area (Å²) >= 11 is 0. The number of likely N-dealkylation sites (tertiary alicyclic amines) is 1. The number of nitrogens with zero attached hydrogens (tertiary/aromatic N) is 5. The summed E-state index contributed by atoms with van der Waals surface area (Å²) in [6.45, 7) is 14.1. The number of primary amides is 1. The first-order valence-electron chi connectivity index (χ1n) is 25.4. The summed E-state index contributed by atoms with van der Waals surface area (Å²) in [5.41, 5.74) is 10.3. The fourth-order valence-corrected chi connectivity index (χ4v) is 9.26. The molecule has 2 rings (SSSR count). The van der Waals surface area contributed by atoms with E-state index in [2.05, 4.69) is 12.2 Å². The van der Waals surface area contributed by atoms with Gasteiger partial charge in [-0.2, -0.15) is 0 Å². The molecule has 72 heavy (non-hydrogen) atoms. The van der Waals surface area contributed by atoms with Crippen LogP contribution >= 0.6 is 0 Å². The van der Waals surface area contributed by atoms with E-state index in [1.807, 2.05) is 50.3 Å². The SMILES string of the molecule is COC(CC=CC=C(C)C(=O)[C@@]([C]=O)(CC(N)=O)N(C)C(=O)[C@@H]1CCCN1C(=O)[C@H](C(C)C)N(C)C(=O)[C@H](C(C)C)N(C)C(=O)[C@H](Cc1ccccc1)N(C)C(=O)[C@@H](N)C(C)C)CCC=CCCCC(C)O. The van der Waals surface area contributed by atoms with E-state index in [9.17, 15) is 43.5 Å². The molecule has 1 heterocycles. The van der Waals surface area contributed by atoms with Gasteiger partial charge in [-0.05, 0) is 94.1 Å². The van der Waals surface area contributed by atoms with E-state index in [0.717, 1.165) is 42.6 Å². The Hall–Kier alpha value is -5.52. The summed E-state index contributed by atoms with van der Waals surface area (Å²) in [6, 6.07) is 3.94. The Balaban J connectivity index is 2.41. The molecule has 401 valence electrons. The quantitative estimate of drug-likeness (QED) is 0.0318. The topological polar surface area (TPSA) is 234 Å². The zero-order chi connectivity index (χ0) is 54.6. The van der Waals surface area contributed by atoms with E-state index >= 15 is 0 Å². The number of amides is 6. The van der Waals surface area contributed by atoms with Crippen molar-refractivity contribution in [2.24, 2.45) is 29.2 Å². The smallest absolute Gasteiger partial charge is 0.246 e.